The van der Waals surface area contributed by atoms with Crippen LogP contribution in [0.25, 0.3) is 22.4 Å². The number of likely N-dealkylation sites (tertiary alicyclic amines) is 1. The second kappa shape index (κ2) is 8.03. The first-order valence-electron chi connectivity index (χ1n) is 9.82. The van der Waals surface area contributed by atoms with Gasteiger partial charge in [0.25, 0.3) is 11.6 Å². The van der Waals surface area contributed by atoms with Crippen molar-refractivity contribution in [3.63, 3.8) is 0 Å². The lowest BCUT2D eigenvalue weighted by Crippen LogP contribution is -2.38. The van der Waals surface area contributed by atoms with Crippen LogP contribution in [0.5, 0.6) is 0 Å². The van der Waals surface area contributed by atoms with Gasteiger partial charge in [-0.1, -0.05) is 35.0 Å². The second-order valence-electron chi connectivity index (χ2n) is 7.39. The fraction of sp³-hybridized carbons (Fsp3) is 0.364. The third-order valence-corrected chi connectivity index (χ3v) is 5.22. The van der Waals surface area contributed by atoms with Crippen molar-refractivity contribution in [2.75, 3.05) is 19.7 Å². The Morgan fingerprint density at radius 1 is 1.10 bits per heavy atom. The Morgan fingerprint density at radius 2 is 1.83 bits per heavy atom. The van der Waals surface area contributed by atoms with Crippen molar-refractivity contribution in [2.45, 2.75) is 33.1 Å². The van der Waals surface area contributed by atoms with Gasteiger partial charge < -0.3 is 14.2 Å². The van der Waals surface area contributed by atoms with E-state index in [0.717, 1.165) is 43.5 Å². The molecule has 1 aromatic carbocycles. The molecule has 4 rings (SSSR count). The quantitative estimate of drug-likeness (QED) is 0.629. The van der Waals surface area contributed by atoms with Crippen LogP contribution in [0.4, 0.5) is 0 Å². The number of amides is 1. The van der Waals surface area contributed by atoms with Gasteiger partial charge in [0.1, 0.15) is 0 Å². The summed E-state index contributed by atoms with van der Waals surface area (Å²) in [5.74, 6) is -0.744. The monoisotopic (exact) mass is 393 g/mol. The lowest BCUT2D eigenvalue weighted by molar-refractivity contribution is -0.135. The molecule has 3 heterocycles. The number of nitrogens with zero attached hydrogens (tertiary/aromatic N) is 3. The van der Waals surface area contributed by atoms with Crippen LogP contribution in [0.1, 0.15) is 40.9 Å². The smallest absolute Gasteiger partial charge is 0.339 e. The van der Waals surface area contributed by atoms with Crippen LogP contribution in [-0.2, 0) is 9.53 Å². The largest absolute Gasteiger partial charge is 0.452 e. The number of hydrogen-bond acceptors (Lipinski definition) is 6. The number of ether oxygens (including phenoxy) is 1. The molecule has 0 aliphatic carbocycles. The number of fused-ring (bicyclic) bond motifs is 1. The zero-order chi connectivity index (χ0) is 20.4. The number of esters is 1. The number of piperidine rings is 1. The van der Waals surface area contributed by atoms with Gasteiger partial charge in [-0.25, -0.2) is 9.78 Å². The number of carbonyl (C=O) groups is 2. The maximum absolute atomic E-state index is 12.8. The van der Waals surface area contributed by atoms with Gasteiger partial charge in [0.2, 0.25) is 0 Å². The summed E-state index contributed by atoms with van der Waals surface area (Å²) in [5, 5.41) is 4.45. The molecular weight excluding hydrogens is 370 g/mol. The summed E-state index contributed by atoms with van der Waals surface area (Å²) in [5.41, 5.74) is 3.69. The fourth-order valence-electron chi connectivity index (χ4n) is 3.57. The van der Waals surface area contributed by atoms with Gasteiger partial charge in [-0.15, -0.1) is 0 Å². The van der Waals surface area contributed by atoms with Gasteiger partial charge >= 0.3 is 5.97 Å². The zero-order valence-electron chi connectivity index (χ0n) is 16.6. The van der Waals surface area contributed by atoms with Crippen LogP contribution in [-0.4, -0.2) is 46.6 Å². The van der Waals surface area contributed by atoms with Gasteiger partial charge in [0, 0.05) is 18.7 Å². The summed E-state index contributed by atoms with van der Waals surface area (Å²) in [6, 6.07) is 9.48. The number of aryl methyl sites for hydroxylation is 2. The molecule has 29 heavy (non-hydrogen) atoms. The predicted octanol–water partition coefficient (Wildman–Crippen LogP) is 3.68. The number of pyridine rings is 1. The Labute approximate surface area is 168 Å². The Balaban J connectivity index is 1.61. The average molecular weight is 393 g/mol. The number of carbonyl (C=O) groups excluding carboxylic acids is 2. The standard InChI is InChI=1S/C22H23N3O4/c1-14-6-8-16(9-7-14)18-12-17(20-15(2)24-29-21(20)23-18)22(27)28-13-19(26)25-10-4-3-5-11-25/h6-9,12H,3-5,10-11,13H2,1-2H3. The number of rotatable bonds is 4. The molecule has 7 heteroatoms. The average Bonchev–Trinajstić information content (AvgIpc) is 3.13. The van der Waals surface area contributed by atoms with E-state index in [0.29, 0.717) is 22.3 Å². The van der Waals surface area contributed by atoms with E-state index in [-0.39, 0.29) is 18.2 Å². The maximum atomic E-state index is 12.8. The minimum absolute atomic E-state index is 0.163. The molecule has 0 spiro atoms. The fourth-order valence-corrected chi connectivity index (χ4v) is 3.57. The number of aromatic nitrogens is 2. The van der Waals surface area contributed by atoms with E-state index < -0.39 is 5.97 Å². The molecule has 2 aromatic heterocycles. The van der Waals surface area contributed by atoms with Gasteiger partial charge in [-0.3, -0.25) is 4.79 Å². The van der Waals surface area contributed by atoms with Gasteiger partial charge in [-0.2, -0.15) is 0 Å². The van der Waals surface area contributed by atoms with Crippen LogP contribution >= 0.6 is 0 Å². The minimum Gasteiger partial charge on any atom is -0.452 e. The summed E-state index contributed by atoms with van der Waals surface area (Å²) in [6.07, 6.45) is 3.11. The molecule has 1 fully saturated rings. The maximum Gasteiger partial charge on any atom is 0.339 e. The molecule has 1 aliphatic rings. The van der Waals surface area contributed by atoms with Crippen LogP contribution in [0, 0.1) is 13.8 Å². The first kappa shape index (κ1) is 19.1. The van der Waals surface area contributed by atoms with Crippen LogP contribution in [0.15, 0.2) is 34.9 Å². The molecule has 150 valence electrons. The summed E-state index contributed by atoms with van der Waals surface area (Å²) >= 11 is 0. The van der Waals surface area contributed by atoms with Crippen molar-refractivity contribution in [2.24, 2.45) is 0 Å². The molecule has 0 unspecified atom stereocenters. The van der Waals surface area contributed by atoms with Gasteiger partial charge in [0.15, 0.2) is 6.61 Å². The zero-order valence-corrected chi connectivity index (χ0v) is 16.6. The lowest BCUT2D eigenvalue weighted by Gasteiger charge is -2.26. The molecule has 1 saturated heterocycles. The van der Waals surface area contributed by atoms with Crippen molar-refractivity contribution >= 4 is 23.0 Å². The van der Waals surface area contributed by atoms with Crippen molar-refractivity contribution < 1.29 is 18.8 Å². The molecule has 0 saturated carbocycles. The molecule has 0 atom stereocenters. The number of hydrogen-bond donors (Lipinski definition) is 0. The Morgan fingerprint density at radius 3 is 2.55 bits per heavy atom. The van der Waals surface area contributed by atoms with E-state index in [1.54, 1.807) is 17.9 Å². The Kier molecular flexibility index (Phi) is 5.29. The lowest BCUT2D eigenvalue weighted by atomic mass is 10.0. The predicted molar refractivity (Wildman–Crippen MR) is 107 cm³/mol. The highest BCUT2D eigenvalue weighted by molar-refractivity contribution is 6.04. The highest BCUT2D eigenvalue weighted by Crippen LogP contribution is 2.27. The third-order valence-electron chi connectivity index (χ3n) is 5.22. The van der Waals surface area contributed by atoms with E-state index in [9.17, 15) is 9.59 Å². The Bertz CT molecular complexity index is 1050. The molecule has 1 aliphatic heterocycles. The molecule has 7 nitrogen and oxygen atoms in total. The molecule has 1 amide bonds. The minimum atomic E-state index is -0.581. The topological polar surface area (TPSA) is 85.5 Å². The van der Waals surface area contributed by atoms with E-state index >= 15 is 0 Å². The highest BCUT2D eigenvalue weighted by atomic mass is 16.5. The van der Waals surface area contributed by atoms with Crippen LogP contribution in [0.2, 0.25) is 0 Å². The van der Waals surface area contributed by atoms with E-state index in [2.05, 4.69) is 10.1 Å². The molecular formula is C22H23N3O4. The summed E-state index contributed by atoms with van der Waals surface area (Å²) < 4.78 is 10.7. The summed E-state index contributed by atoms with van der Waals surface area (Å²) in [7, 11) is 0. The van der Waals surface area contributed by atoms with Gasteiger partial charge in [0.05, 0.1) is 22.3 Å². The highest BCUT2D eigenvalue weighted by Gasteiger charge is 2.23. The number of benzene rings is 1. The molecule has 0 bridgehead atoms. The molecule has 0 N–H and O–H groups in total. The normalized spacial score (nSPS) is 14.2. The van der Waals surface area contributed by atoms with Gasteiger partial charge in [-0.05, 0) is 39.2 Å². The SMILES string of the molecule is Cc1ccc(-c2cc(C(=O)OCC(=O)N3CCCCC3)c3c(C)noc3n2)cc1. The Hall–Kier alpha value is -3.22. The van der Waals surface area contributed by atoms with Crippen molar-refractivity contribution in [1.29, 1.82) is 0 Å². The van der Waals surface area contributed by atoms with E-state index in [1.807, 2.05) is 31.2 Å². The van der Waals surface area contributed by atoms with Crippen LogP contribution < -0.4 is 0 Å². The third kappa shape index (κ3) is 3.99. The van der Waals surface area contributed by atoms with Crippen LogP contribution in [0.3, 0.4) is 0 Å². The first-order chi connectivity index (χ1) is 14.0. The summed E-state index contributed by atoms with van der Waals surface area (Å²) in [6.45, 7) is 4.92. The van der Waals surface area contributed by atoms with E-state index in [4.69, 9.17) is 9.26 Å². The summed E-state index contributed by atoms with van der Waals surface area (Å²) in [4.78, 5) is 31.4. The van der Waals surface area contributed by atoms with E-state index in [1.165, 1.54) is 0 Å². The molecule has 0 radical (unpaired) electrons. The molecule has 3 aromatic rings. The second-order valence-corrected chi connectivity index (χ2v) is 7.39. The van der Waals surface area contributed by atoms with Crippen molar-refractivity contribution in [3.8, 4) is 11.3 Å². The van der Waals surface area contributed by atoms with Crippen molar-refractivity contribution in [1.82, 2.24) is 15.0 Å². The first-order valence-corrected chi connectivity index (χ1v) is 9.82. The van der Waals surface area contributed by atoms with Crippen molar-refractivity contribution in [3.05, 3.63) is 47.2 Å².